The quantitative estimate of drug-likeness (QED) is 0.682. The normalized spacial score (nSPS) is 14.4. The van der Waals surface area contributed by atoms with Gasteiger partial charge in [-0.15, -0.1) is 0 Å². The molecule has 4 rings (SSSR count). The molecule has 0 unspecified atom stereocenters. The number of ether oxygens (including phenoxy) is 1. The van der Waals surface area contributed by atoms with Gasteiger partial charge in [0.2, 0.25) is 0 Å². The number of rotatable bonds is 3. The van der Waals surface area contributed by atoms with E-state index in [9.17, 15) is 0 Å². The summed E-state index contributed by atoms with van der Waals surface area (Å²) in [7, 11) is 0. The summed E-state index contributed by atoms with van der Waals surface area (Å²) < 4.78 is 10.4. The van der Waals surface area contributed by atoms with Gasteiger partial charge in [0.1, 0.15) is 0 Å². The lowest BCUT2D eigenvalue weighted by Crippen LogP contribution is -2.36. The fourth-order valence-corrected chi connectivity index (χ4v) is 3.16. The molecule has 1 saturated heterocycles. The Hall–Kier alpha value is -2.71. The minimum absolute atomic E-state index is 0.484. The fourth-order valence-electron chi connectivity index (χ4n) is 2.94. The Morgan fingerprint density at radius 3 is 2.50 bits per heavy atom. The van der Waals surface area contributed by atoms with Gasteiger partial charge >= 0.3 is 0 Å². The summed E-state index contributed by atoms with van der Waals surface area (Å²) in [4.78, 5) is 2.22. The van der Waals surface area contributed by atoms with Crippen molar-refractivity contribution in [1.82, 2.24) is 10.3 Å². The third kappa shape index (κ3) is 3.47. The number of hydrogen-bond donors (Lipinski definition) is 2. The van der Waals surface area contributed by atoms with Crippen molar-refractivity contribution in [1.29, 1.82) is 0 Å². The molecular weight excluding hydrogens is 350 g/mol. The van der Waals surface area contributed by atoms with Crippen molar-refractivity contribution in [3.8, 4) is 0 Å². The Bertz CT molecular complexity index is 919. The Morgan fingerprint density at radius 2 is 1.73 bits per heavy atom. The van der Waals surface area contributed by atoms with Crippen LogP contribution in [-0.2, 0) is 4.74 Å². The van der Waals surface area contributed by atoms with E-state index in [1.807, 2.05) is 43.3 Å². The molecule has 1 aromatic heterocycles. The number of nitrogens with zero attached hydrogens (tertiary/aromatic N) is 3. The molecule has 7 nitrogen and oxygen atoms in total. The number of aromatic nitrogens is 2. The first-order chi connectivity index (χ1) is 12.7. The topological polar surface area (TPSA) is 75.5 Å². The maximum absolute atomic E-state index is 5.42. The summed E-state index contributed by atoms with van der Waals surface area (Å²) in [6, 6.07) is 12.0. The number of thiocarbonyl (C=S) groups is 1. The van der Waals surface area contributed by atoms with Crippen LogP contribution in [0.2, 0.25) is 0 Å². The molecule has 0 bridgehead atoms. The SMILES string of the molecule is Cc1ccc(NC(=S)Nc2ccc(N3CCOCC3)c3nonc23)cc1. The molecule has 0 atom stereocenters. The lowest BCUT2D eigenvalue weighted by molar-refractivity contribution is 0.123. The summed E-state index contributed by atoms with van der Waals surface area (Å²) in [5, 5.41) is 15.0. The van der Waals surface area contributed by atoms with Gasteiger partial charge < -0.3 is 20.3 Å². The molecule has 26 heavy (non-hydrogen) atoms. The Morgan fingerprint density at radius 1 is 1.00 bits per heavy atom. The molecule has 1 aliphatic heterocycles. The molecule has 3 aromatic rings. The number of fused-ring (bicyclic) bond motifs is 1. The maximum Gasteiger partial charge on any atom is 0.175 e. The molecule has 0 radical (unpaired) electrons. The Labute approximate surface area is 156 Å². The van der Waals surface area contributed by atoms with Gasteiger partial charge in [0, 0.05) is 18.8 Å². The highest BCUT2D eigenvalue weighted by Gasteiger charge is 2.19. The van der Waals surface area contributed by atoms with Gasteiger partial charge in [0.05, 0.1) is 24.6 Å². The van der Waals surface area contributed by atoms with Gasteiger partial charge in [-0.2, -0.15) is 0 Å². The van der Waals surface area contributed by atoms with Crippen molar-refractivity contribution in [3.05, 3.63) is 42.0 Å². The highest BCUT2D eigenvalue weighted by molar-refractivity contribution is 7.80. The molecule has 8 heteroatoms. The van der Waals surface area contributed by atoms with Crippen molar-refractivity contribution >= 4 is 45.4 Å². The van der Waals surface area contributed by atoms with Crippen molar-refractivity contribution in [2.24, 2.45) is 0 Å². The fraction of sp³-hybridized carbons (Fsp3) is 0.278. The highest BCUT2D eigenvalue weighted by atomic mass is 32.1. The summed E-state index contributed by atoms with van der Waals surface area (Å²) in [6.07, 6.45) is 0. The van der Waals surface area contributed by atoms with Crippen LogP contribution in [0.25, 0.3) is 11.0 Å². The second kappa shape index (κ2) is 7.27. The van der Waals surface area contributed by atoms with Crippen LogP contribution in [0, 0.1) is 6.92 Å². The lowest BCUT2D eigenvalue weighted by Gasteiger charge is -2.28. The van der Waals surface area contributed by atoms with Crippen LogP contribution < -0.4 is 15.5 Å². The summed E-state index contributed by atoms with van der Waals surface area (Å²) >= 11 is 5.42. The molecule has 0 amide bonds. The predicted octanol–water partition coefficient (Wildman–Crippen LogP) is 3.18. The molecule has 1 fully saturated rings. The zero-order valence-electron chi connectivity index (χ0n) is 14.4. The predicted molar refractivity (Wildman–Crippen MR) is 106 cm³/mol. The van der Waals surface area contributed by atoms with E-state index >= 15 is 0 Å². The van der Waals surface area contributed by atoms with Gasteiger partial charge in [0.25, 0.3) is 0 Å². The van der Waals surface area contributed by atoms with Crippen LogP contribution in [0.4, 0.5) is 17.1 Å². The van der Waals surface area contributed by atoms with E-state index in [2.05, 4.69) is 25.8 Å². The maximum atomic E-state index is 5.42. The van der Waals surface area contributed by atoms with Crippen LogP contribution in [0.3, 0.4) is 0 Å². The minimum Gasteiger partial charge on any atom is -0.378 e. The smallest absolute Gasteiger partial charge is 0.175 e. The number of benzene rings is 2. The van der Waals surface area contributed by atoms with Crippen LogP contribution in [0.5, 0.6) is 0 Å². The van der Waals surface area contributed by atoms with E-state index in [4.69, 9.17) is 21.6 Å². The van der Waals surface area contributed by atoms with E-state index in [1.54, 1.807) is 0 Å². The van der Waals surface area contributed by atoms with E-state index < -0.39 is 0 Å². The van der Waals surface area contributed by atoms with Gasteiger partial charge in [-0.05, 0) is 53.7 Å². The number of nitrogens with one attached hydrogen (secondary N) is 2. The van der Waals surface area contributed by atoms with Crippen molar-refractivity contribution < 1.29 is 9.37 Å². The largest absolute Gasteiger partial charge is 0.378 e. The minimum atomic E-state index is 0.484. The van der Waals surface area contributed by atoms with Gasteiger partial charge in [-0.25, -0.2) is 4.63 Å². The van der Waals surface area contributed by atoms with Crippen molar-refractivity contribution in [2.75, 3.05) is 41.8 Å². The van der Waals surface area contributed by atoms with Crippen LogP contribution >= 0.6 is 12.2 Å². The van der Waals surface area contributed by atoms with E-state index in [-0.39, 0.29) is 0 Å². The molecule has 0 spiro atoms. The molecule has 0 saturated carbocycles. The number of hydrogen-bond acceptors (Lipinski definition) is 6. The molecular formula is C18H19N5O2S. The summed E-state index contributed by atoms with van der Waals surface area (Å²) in [5.41, 5.74) is 5.24. The molecule has 0 aliphatic carbocycles. The second-order valence-electron chi connectivity index (χ2n) is 6.14. The average Bonchev–Trinajstić information content (AvgIpc) is 3.15. The average molecular weight is 369 g/mol. The van der Waals surface area contributed by atoms with E-state index in [0.717, 1.165) is 35.7 Å². The first-order valence-electron chi connectivity index (χ1n) is 8.43. The monoisotopic (exact) mass is 369 g/mol. The Balaban J connectivity index is 1.54. The first-order valence-corrected chi connectivity index (χ1v) is 8.84. The van der Waals surface area contributed by atoms with Gasteiger partial charge in [-0.3, -0.25) is 0 Å². The van der Waals surface area contributed by atoms with Crippen LogP contribution in [0.15, 0.2) is 41.0 Å². The van der Waals surface area contributed by atoms with Crippen molar-refractivity contribution in [2.45, 2.75) is 6.92 Å². The van der Waals surface area contributed by atoms with Gasteiger partial charge in [-0.1, -0.05) is 17.7 Å². The van der Waals surface area contributed by atoms with E-state index in [0.29, 0.717) is 23.8 Å². The van der Waals surface area contributed by atoms with E-state index in [1.165, 1.54) is 5.56 Å². The number of anilines is 3. The Kier molecular flexibility index (Phi) is 4.68. The number of morpholine rings is 1. The molecule has 1 aliphatic rings. The van der Waals surface area contributed by atoms with Crippen LogP contribution in [-0.4, -0.2) is 41.7 Å². The summed E-state index contributed by atoms with van der Waals surface area (Å²) in [6.45, 7) is 5.10. The third-order valence-corrected chi connectivity index (χ3v) is 4.51. The first kappa shape index (κ1) is 16.7. The molecule has 134 valence electrons. The summed E-state index contributed by atoms with van der Waals surface area (Å²) in [5.74, 6) is 0. The zero-order chi connectivity index (χ0) is 17.9. The lowest BCUT2D eigenvalue weighted by atomic mass is 10.2. The van der Waals surface area contributed by atoms with Gasteiger partial charge in [0.15, 0.2) is 16.1 Å². The molecule has 2 N–H and O–H groups in total. The third-order valence-electron chi connectivity index (χ3n) is 4.30. The zero-order valence-corrected chi connectivity index (χ0v) is 15.2. The highest BCUT2D eigenvalue weighted by Crippen LogP contribution is 2.30. The standard InChI is InChI=1S/C18H19N5O2S/c1-12-2-4-13(5-3-12)19-18(26)20-14-6-7-15(17-16(14)21-25-22-17)23-8-10-24-11-9-23/h2-7H,8-11H2,1H3,(H2,19,20,26). The molecule has 2 heterocycles. The number of aryl methyl sites for hydroxylation is 1. The molecule has 2 aromatic carbocycles. The van der Waals surface area contributed by atoms with Crippen molar-refractivity contribution in [3.63, 3.8) is 0 Å². The van der Waals surface area contributed by atoms with Crippen LogP contribution in [0.1, 0.15) is 5.56 Å². The second-order valence-corrected chi connectivity index (χ2v) is 6.55.